The molecule has 2 aliphatic rings. The Morgan fingerprint density at radius 3 is 3.05 bits per heavy atom. The lowest BCUT2D eigenvalue weighted by molar-refractivity contribution is -0.140. The maximum Gasteiger partial charge on any atom is 0.311 e. The summed E-state index contributed by atoms with van der Waals surface area (Å²) in [5.74, 6) is -1.18. The second kappa shape index (κ2) is 4.45. The highest BCUT2D eigenvalue weighted by Gasteiger charge is 2.36. The lowest BCUT2D eigenvalue weighted by Crippen LogP contribution is -2.44. The van der Waals surface area contributed by atoms with Gasteiger partial charge in [-0.25, -0.2) is 0 Å². The molecule has 4 nitrogen and oxygen atoms in total. The number of H-pyrrole nitrogens is 1. The number of carbonyl (C=O) groups is 1. The Labute approximate surface area is 130 Å². The number of carboxylic acids is 1. The molecule has 108 valence electrons. The van der Waals surface area contributed by atoms with Crippen LogP contribution in [0.25, 0.3) is 16.5 Å². The number of aliphatic carboxylic acids is 1. The molecule has 0 saturated heterocycles. The van der Waals surface area contributed by atoms with Gasteiger partial charge in [-0.15, -0.1) is 0 Å². The maximum atomic E-state index is 11.4. The van der Waals surface area contributed by atoms with Crippen molar-refractivity contribution in [2.45, 2.75) is 12.5 Å². The fourth-order valence-electron chi connectivity index (χ4n) is 3.65. The van der Waals surface area contributed by atoms with E-state index < -0.39 is 11.9 Å². The Hall–Kier alpha value is -1.59. The Bertz CT molecular complexity index is 793. The molecule has 1 aliphatic heterocycles. The van der Waals surface area contributed by atoms with Gasteiger partial charge in [-0.05, 0) is 52.2 Å². The van der Waals surface area contributed by atoms with E-state index in [9.17, 15) is 9.90 Å². The van der Waals surface area contributed by atoms with E-state index in [1.807, 2.05) is 19.2 Å². The number of aromatic amines is 1. The molecule has 1 aromatic heterocycles. The second-order valence-electron chi connectivity index (χ2n) is 5.87. The Kier molecular flexibility index (Phi) is 2.78. The normalized spacial score (nSPS) is 24.8. The zero-order valence-corrected chi connectivity index (χ0v) is 13.1. The number of halogens is 1. The van der Waals surface area contributed by atoms with Crippen molar-refractivity contribution in [3.63, 3.8) is 0 Å². The van der Waals surface area contributed by atoms with Crippen molar-refractivity contribution < 1.29 is 9.90 Å². The molecule has 2 atom stereocenters. The summed E-state index contributed by atoms with van der Waals surface area (Å²) in [6, 6.07) is 6.45. The molecule has 1 aliphatic carbocycles. The first-order valence-corrected chi connectivity index (χ1v) is 7.79. The average molecular weight is 347 g/mol. The van der Waals surface area contributed by atoms with Crippen LogP contribution in [0.15, 0.2) is 28.9 Å². The molecule has 2 heterocycles. The summed E-state index contributed by atoms with van der Waals surface area (Å²) in [7, 11) is 2.01. The third-order valence-electron chi connectivity index (χ3n) is 4.66. The maximum absolute atomic E-state index is 11.4. The van der Waals surface area contributed by atoms with Gasteiger partial charge < -0.3 is 10.1 Å². The molecular weight excluding hydrogens is 332 g/mol. The standard InChI is InChI=1S/C16H15BrN2O2/c1-19-7-8(16(20)21)5-10-9-3-2-4-12-14(9)11(6-13(10)19)15(17)18-12/h2-5,8,13,18H,6-7H2,1H3,(H,20,21)/t8-,13+/m0/s1. The summed E-state index contributed by atoms with van der Waals surface area (Å²) in [6.45, 7) is 0.566. The van der Waals surface area contributed by atoms with Crippen LogP contribution in [0, 0.1) is 5.92 Å². The number of carboxylic acid groups (broad SMARTS) is 1. The van der Waals surface area contributed by atoms with Crippen molar-refractivity contribution in [2.24, 2.45) is 5.92 Å². The topological polar surface area (TPSA) is 56.3 Å². The Balaban J connectivity index is 1.99. The molecule has 21 heavy (non-hydrogen) atoms. The van der Waals surface area contributed by atoms with E-state index in [0.29, 0.717) is 6.54 Å². The third kappa shape index (κ3) is 1.80. The molecule has 0 saturated carbocycles. The lowest BCUT2D eigenvalue weighted by atomic mass is 9.80. The van der Waals surface area contributed by atoms with Crippen LogP contribution < -0.4 is 0 Å². The van der Waals surface area contributed by atoms with Crippen molar-refractivity contribution in [1.82, 2.24) is 9.88 Å². The molecule has 2 N–H and O–H groups in total. The van der Waals surface area contributed by atoms with Gasteiger partial charge in [-0.2, -0.15) is 0 Å². The highest BCUT2D eigenvalue weighted by atomic mass is 79.9. The molecule has 5 heteroatoms. The van der Waals surface area contributed by atoms with Crippen LogP contribution in [0.5, 0.6) is 0 Å². The number of rotatable bonds is 1. The molecule has 4 rings (SSSR count). The van der Waals surface area contributed by atoms with Gasteiger partial charge in [0.15, 0.2) is 0 Å². The van der Waals surface area contributed by atoms with Crippen molar-refractivity contribution >= 4 is 38.4 Å². The molecule has 0 radical (unpaired) electrons. The Morgan fingerprint density at radius 2 is 2.29 bits per heavy atom. The van der Waals surface area contributed by atoms with Crippen LogP contribution in [0.3, 0.4) is 0 Å². The predicted octanol–water partition coefficient (Wildman–Crippen LogP) is 2.88. The van der Waals surface area contributed by atoms with Crippen LogP contribution in [-0.4, -0.2) is 40.6 Å². The van der Waals surface area contributed by atoms with E-state index in [-0.39, 0.29) is 6.04 Å². The molecule has 0 bridgehead atoms. The van der Waals surface area contributed by atoms with Crippen molar-refractivity contribution in [2.75, 3.05) is 13.6 Å². The van der Waals surface area contributed by atoms with Crippen LogP contribution in [0.2, 0.25) is 0 Å². The smallest absolute Gasteiger partial charge is 0.311 e. The minimum atomic E-state index is -0.749. The van der Waals surface area contributed by atoms with Gasteiger partial charge >= 0.3 is 5.97 Å². The average Bonchev–Trinajstić information content (AvgIpc) is 2.77. The molecule has 0 amide bonds. The minimum absolute atomic E-state index is 0.255. The summed E-state index contributed by atoms with van der Waals surface area (Å²) >= 11 is 3.62. The number of likely N-dealkylation sites (N-methyl/N-ethyl adjacent to an activating group) is 1. The zero-order chi connectivity index (χ0) is 14.7. The van der Waals surface area contributed by atoms with E-state index in [2.05, 4.69) is 37.9 Å². The van der Waals surface area contributed by atoms with Gasteiger partial charge in [0, 0.05) is 23.5 Å². The largest absolute Gasteiger partial charge is 0.481 e. The molecule has 2 aromatic rings. The Morgan fingerprint density at radius 1 is 1.48 bits per heavy atom. The molecule has 0 fully saturated rings. The van der Waals surface area contributed by atoms with Crippen molar-refractivity contribution in [1.29, 1.82) is 0 Å². The number of hydrogen-bond donors (Lipinski definition) is 2. The second-order valence-corrected chi connectivity index (χ2v) is 6.66. The van der Waals surface area contributed by atoms with Gasteiger partial charge in [-0.1, -0.05) is 18.2 Å². The number of nitrogens with one attached hydrogen (secondary N) is 1. The molecular formula is C16H15BrN2O2. The number of hydrogen-bond acceptors (Lipinski definition) is 2. The summed E-state index contributed by atoms with van der Waals surface area (Å²) in [5.41, 5.74) is 4.72. The lowest BCUT2D eigenvalue weighted by Gasteiger charge is -2.38. The SMILES string of the molecule is CN1C[C@@H](C(=O)O)C=C2c3cccc4[nH]c(Br)c(c34)C[C@H]21. The van der Waals surface area contributed by atoms with Crippen LogP contribution >= 0.6 is 15.9 Å². The van der Waals surface area contributed by atoms with Gasteiger partial charge in [0.05, 0.1) is 10.5 Å². The number of fused-ring (bicyclic) bond motifs is 2. The summed E-state index contributed by atoms with van der Waals surface area (Å²) in [6.07, 6.45) is 2.86. The number of aromatic nitrogens is 1. The fraction of sp³-hybridized carbons (Fsp3) is 0.312. The number of nitrogens with zero attached hydrogens (tertiary/aromatic N) is 1. The predicted molar refractivity (Wildman–Crippen MR) is 85.2 cm³/mol. The van der Waals surface area contributed by atoms with E-state index in [0.717, 1.165) is 22.1 Å². The molecule has 0 unspecified atom stereocenters. The zero-order valence-electron chi connectivity index (χ0n) is 11.6. The highest BCUT2D eigenvalue weighted by Crippen LogP contribution is 2.43. The van der Waals surface area contributed by atoms with Crippen molar-refractivity contribution in [3.05, 3.63) is 40.0 Å². The number of benzene rings is 1. The van der Waals surface area contributed by atoms with E-state index >= 15 is 0 Å². The first-order valence-electron chi connectivity index (χ1n) is 7.00. The van der Waals surface area contributed by atoms with E-state index in [1.165, 1.54) is 16.5 Å². The van der Waals surface area contributed by atoms with Gasteiger partial charge in [0.25, 0.3) is 0 Å². The van der Waals surface area contributed by atoms with Gasteiger partial charge in [-0.3, -0.25) is 9.69 Å². The molecule has 0 spiro atoms. The van der Waals surface area contributed by atoms with Crippen molar-refractivity contribution in [3.8, 4) is 0 Å². The third-order valence-corrected chi connectivity index (χ3v) is 5.33. The van der Waals surface area contributed by atoms with Crippen LogP contribution in [0.4, 0.5) is 0 Å². The monoisotopic (exact) mass is 346 g/mol. The summed E-state index contributed by atoms with van der Waals surface area (Å²) in [4.78, 5) is 16.9. The van der Waals surface area contributed by atoms with Gasteiger partial charge in [0.1, 0.15) is 0 Å². The molecule has 1 aromatic carbocycles. The van der Waals surface area contributed by atoms with E-state index in [4.69, 9.17) is 0 Å². The quantitative estimate of drug-likeness (QED) is 0.834. The minimum Gasteiger partial charge on any atom is -0.481 e. The van der Waals surface area contributed by atoms with E-state index in [1.54, 1.807) is 0 Å². The first-order chi connectivity index (χ1) is 10.1. The van der Waals surface area contributed by atoms with Gasteiger partial charge in [0.2, 0.25) is 0 Å². The highest BCUT2D eigenvalue weighted by molar-refractivity contribution is 9.10. The summed E-state index contributed by atoms with van der Waals surface area (Å²) < 4.78 is 1.04. The van der Waals surface area contributed by atoms with Crippen LogP contribution in [0.1, 0.15) is 11.1 Å². The van der Waals surface area contributed by atoms with Crippen LogP contribution in [-0.2, 0) is 11.2 Å². The first kappa shape index (κ1) is 13.1. The fourth-order valence-corrected chi connectivity index (χ4v) is 4.22. The summed E-state index contributed by atoms with van der Waals surface area (Å²) in [5, 5.41) is 10.6.